The van der Waals surface area contributed by atoms with Crippen molar-refractivity contribution in [1.82, 2.24) is 5.32 Å². The second kappa shape index (κ2) is 9.27. The molecule has 0 aromatic heterocycles. The summed E-state index contributed by atoms with van der Waals surface area (Å²) in [4.78, 5) is 27.7. The van der Waals surface area contributed by atoms with Crippen molar-refractivity contribution in [3.05, 3.63) is 132 Å². The molecule has 6 heteroatoms. The molecule has 0 saturated carbocycles. The molecule has 1 unspecified atom stereocenters. The highest BCUT2D eigenvalue weighted by Crippen LogP contribution is 2.31. The van der Waals surface area contributed by atoms with Gasteiger partial charge in [-0.2, -0.15) is 10.1 Å². The lowest BCUT2D eigenvalue weighted by molar-refractivity contribution is -0.120. The Morgan fingerprint density at radius 1 is 0.771 bits per heavy atom. The second-order valence-electron chi connectivity index (χ2n) is 8.33. The molecule has 1 heterocycles. The lowest BCUT2D eigenvalue weighted by Gasteiger charge is -2.32. The summed E-state index contributed by atoms with van der Waals surface area (Å²) in [5.41, 5.74) is 2.24. The summed E-state index contributed by atoms with van der Waals surface area (Å²) in [5, 5.41) is 12.4. The van der Waals surface area contributed by atoms with Crippen molar-refractivity contribution >= 4 is 28.9 Å². The summed E-state index contributed by atoms with van der Waals surface area (Å²) in [6.45, 7) is 1.96. The van der Waals surface area contributed by atoms with Crippen LogP contribution in [0.2, 0.25) is 0 Å². The molecule has 4 aromatic rings. The maximum atomic E-state index is 14.2. The number of carbonyl (C=O) groups is 2. The highest BCUT2D eigenvalue weighted by atomic mass is 16.2. The number of amides is 2. The average Bonchev–Trinajstić information content (AvgIpc) is 3.17. The molecule has 0 bridgehead atoms. The normalized spacial score (nSPS) is 17.1. The molecule has 0 aliphatic carbocycles. The first-order valence-corrected chi connectivity index (χ1v) is 11.3. The summed E-state index contributed by atoms with van der Waals surface area (Å²) >= 11 is 0. The predicted octanol–water partition coefficient (Wildman–Crippen LogP) is 4.98. The number of hydrogen-bond acceptors (Lipinski definition) is 4. The van der Waals surface area contributed by atoms with E-state index in [1.807, 2.05) is 110 Å². The zero-order chi connectivity index (χ0) is 24.3. The fourth-order valence-electron chi connectivity index (χ4n) is 4.04. The molecule has 2 amide bonds. The number of para-hydroxylation sites is 2. The van der Waals surface area contributed by atoms with Crippen molar-refractivity contribution in [3.63, 3.8) is 0 Å². The van der Waals surface area contributed by atoms with Crippen molar-refractivity contribution in [3.8, 4) is 0 Å². The van der Waals surface area contributed by atoms with E-state index in [0.29, 0.717) is 28.2 Å². The third kappa shape index (κ3) is 4.29. The molecular weight excluding hydrogens is 436 g/mol. The average molecular weight is 461 g/mol. The third-order valence-corrected chi connectivity index (χ3v) is 5.84. The van der Waals surface area contributed by atoms with Crippen LogP contribution in [0.1, 0.15) is 21.5 Å². The molecule has 6 nitrogen and oxygen atoms in total. The SMILES string of the molecule is Cc1ccc(C(=O)NC2(Nc3ccccc3)C(=O)N(c3ccccc3)N=C2c2ccccc2)cc1. The van der Waals surface area contributed by atoms with E-state index in [1.165, 1.54) is 5.01 Å². The van der Waals surface area contributed by atoms with E-state index in [-0.39, 0.29) is 5.91 Å². The number of hydrazone groups is 1. The number of nitrogens with one attached hydrogen (secondary N) is 2. The quantitative estimate of drug-likeness (QED) is 0.399. The van der Waals surface area contributed by atoms with Crippen LogP contribution in [0.25, 0.3) is 0 Å². The van der Waals surface area contributed by atoms with Gasteiger partial charge in [-0.1, -0.05) is 84.4 Å². The van der Waals surface area contributed by atoms with Gasteiger partial charge in [0.2, 0.25) is 5.66 Å². The number of benzene rings is 4. The molecule has 4 aromatic carbocycles. The van der Waals surface area contributed by atoms with Crippen LogP contribution in [-0.4, -0.2) is 23.2 Å². The Morgan fingerprint density at radius 2 is 1.34 bits per heavy atom. The van der Waals surface area contributed by atoms with E-state index in [0.717, 1.165) is 5.56 Å². The van der Waals surface area contributed by atoms with Gasteiger partial charge in [-0.3, -0.25) is 9.59 Å². The van der Waals surface area contributed by atoms with E-state index in [4.69, 9.17) is 5.10 Å². The lowest BCUT2D eigenvalue weighted by Crippen LogP contribution is -2.65. The number of hydrogen-bond donors (Lipinski definition) is 2. The van der Waals surface area contributed by atoms with Gasteiger partial charge in [0.25, 0.3) is 5.91 Å². The van der Waals surface area contributed by atoms with E-state index in [1.54, 1.807) is 12.1 Å². The molecule has 35 heavy (non-hydrogen) atoms. The Labute approximate surface area is 203 Å². The first-order chi connectivity index (χ1) is 17.1. The maximum Gasteiger partial charge on any atom is 0.300 e. The monoisotopic (exact) mass is 460 g/mol. The van der Waals surface area contributed by atoms with E-state index >= 15 is 0 Å². The van der Waals surface area contributed by atoms with Crippen molar-refractivity contribution in [2.75, 3.05) is 10.3 Å². The predicted molar refractivity (Wildman–Crippen MR) is 138 cm³/mol. The molecule has 5 rings (SSSR count). The van der Waals surface area contributed by atoms with Crippen LogP contribution >= 0.6 is 0 Å². The highest BCUT2D eigenvalue weighted by Gasteiger charge is 2.54. The largest absolute Gasteiger partial charge is 0.350 e. The van der Waals surface area contributed by atoms with E-state index < -0.39 is 11.6 Å². The number of anilines is 2. The van der Waals surface area contributed by atoms with Crippen molar-refractivity contribution in [1.29, 1.82) is 0 Å². The Bertz CT molecular complexity index is 1370. The van der Waals surface area contributed by atoms with Gasteiger partial charge in [-0.25, -0.2) is 0 Å². The number of nitrogens with zero attached hydrogens (tertiary/aromatic N) is 2. The molecule has 0 radical (unpaired) electrons. The van der Waals surface area contributed by atoms with Crippen molar-refractivity contribution in [2.24, 2.45) is 5.10 Å². The molecule has 0 spiro atoms. The first-order valence-electron chi connectivity index (χ1n) is 11.3. The smallest absolute Gasteiger partial charge is 0.300 e. The minimum Gasteiger partial charge on any atom is -0.350 e. The second-order valence-corrected chi connectivity index (χ2v) is 8.33. The highest BCUT2D eigenvalue weighted by molar-refractivity contribution is 6.31. The van der Waals surface area contributed by atoms with Gasteiger partial charge in [0.05, 0.1) is 5.69 Å². The maximum absolute atomic E-state index is 14.2. The summed E-state index contributed by atoms with van der Waals surface area (Å²) in [5.74, 6) is -0.799. The Morgan fingerprint density at radius 3 is 1.97 bits per heavy atom. The van der Waals surface area contributed by atoms with Crippen LogP contribution in [0, 0.1) is 6.92 Å². The van der Waals surface area contributed by atoms with E-state index in [2.05, 4.69) is 10.6 Å². The lowest BCUT2D eigenvalue weighted by atomic mass is 9.95. The van der Waals surface area contributed by atoms with Crippen molar-refractivity contribution < 1.29 is 9.59 Å². The van der Waals surface area contributed by atoms with Crippen LogP contribution in [-0.2, 0) is 4.79 Å². The molecule has 0 fully saturated rings. The molecule has 0 saturated heterocycles. The minimum absolute atomic E-state index is 0.389. The topological polar surface area (TPSA) is 73.8 Å². The van der Waals surface area contributed by atoms with Gasteiger partial charge in [0.15, 0.2) is 0 Å². The van der Waals surface area contributed by atoms with Crippen LogP contribution in [0.5, 0.6) is 0 Å². The molecule has 2 N–H and O–H groups in total. The fourth-order valence-corrected chi connectivity index (χ4v) is 4.04. The van der Waals surface area contributed by atoms with Gasteiger partial charge in [0, 0.05) is 16.8 Å². The summed E-state index contributed by atoms with van der Waals surface area (Å²) in [6.07, 6.45) is 0. The zero-order valence-electron chi connectivity index (χ0n) is 19.2. The summed E-state index contributed by atoms with van der Waals surface area (Å²) in [6, 6.07) is 35.1. The van der Waals surface area contributed by atoms with Gasteiger partial charge in [0.1, 0.15) is 5.71 Å². The van der Waals surface area contributed by atoms with Crippen LogP contribution in [0.15, 0.2) is 120 Å². The Hall–Kier alpha value is -4.71. The molecule has 1 aliphatic rings. The Kier molecular flexibility index (Phi) is 5.85. The first kappa shape index (κ1) is 22.1. The molecule has 1 atom stereocenters. The van der Waals surface area contributed by atoms with Gasteiger partial charge >= 0.3 is 5.91 Å². The zero-order valence-corrected chi connectivity index (χ0v) is 19.2. The van der Waals surface area contributed by atoms with Gasteiger partial charge < -0.3 is 10.6 Å². The van der Waals surface area contributed by atoms with Gasteiger partial charge in [-0.05, 0) is 43.3 Å². The number of carbonyl (C=O) groups excluding carboxylic acids is 2. The van der Waals surface area contributed by atoms with Crippen LogP contribution in [0.4, 0.5) is 11.4 Å². The Balaban J connectivity index is 1.66. The number of aryl methyl sites for hydroxylation is 1. The molecule has 1 aliphatic heterocycles. The minimum atomic E-state index is -1.64. The summed E-state index contributed by atoms with van der Waals surface area (Å²) < 4.78 is 0. The van der Waals surface area contributed by atoms with E-state index in [9.17, 15) is 9.59 Å². The third-order valence-electron chi connectivity index (χ3n) is 5.84. The summed E-state index contributed by atoms with van der Waals surface area (Å²) in [7, 11) is 0. The fraction of sp³-hybridized carbons (Fsp3) is 0.0690. The van der Waals surface area contributed by atoms with Crippen LogP contribution in [0.3, 0.4) is 0 Å². The standard InChI is InChI=1S/C29H24N4O2/c1-21-17-19-23(20-18-21)27(34)31-29(30-24-13-7-3-8-14-24)26(22-11-5-2-6-12-22)32-33(28(29)35)25-15-9-4-10-16-25/h2-20,30H,1H3,(H,31,34). The van der Waals surface area contributed by atoms with Crippen LogP contribution < -0.4 is 15.6 Å². The van der Waals surface area contributed by atoms with Gasteiger partial charge in [-0.15, -0.1) is 0 Å². The number of rotatable bonds is 6. The molecular formula is C29H24N4O2. The molecule has 172 valence electrons. The van der Waals surface area contributed by atoms with Crippen molar-refractivity contribution in [2.45, 2.75) is 12.6 Å².